The highest BCUT2D eigenvalue weighted by Crippen LogP contribution is 2.45. The van der Waals surface area contributed by atoms with Gasteiger partial charge in [-0.3, -0.25) is 0 Å². The molecule has 0 unspecified atom stereocenters. The van der Waals surface area contributed by atoms with Gasteiger partial charge in [-0.2, -0.15) is 0 Å². The normalized spacial score (nSPS) is 16.1. The van der Waals surface area contributed by atoms with Gasteiger partial charge in [0.15, 0.2) is 0 Å². The highest BCUT2D eigenvalue weighted by molar-refractivity contribution is 5.54. The lowest BCUT2D eigenvalue weighted by molar-refractivity contribution is 0.0533. The Balaban J connectivity index is 1.76. The summed E-state index contributed by atoms with van der Waals surface area (Å²) in [5.74, 6) is 7.72. The minimum absolute atomic E-state index is 0.0663. The van der Waals surface area contributed by atoms with Crippen LogP contribution >= 0.6 is 0 Å². The Hall–Kier alpha value is -2.27. The Morgan fingerprint density at radius 1 is 0.968 bits per heavy atom. The van der Waals surface area contributed by atoms with Crippen LogP contribution in [-0.2, 0) is 18.3 Å². The average molecular weight is 418 g/mol. The minimum atomic E-state index is -0.142. The van der Waals surface area contributed by atoms with Crippen molar-refractivity contribution >= 4 is 0 Å². The standard InChI is InChI=1S/C29H39NO/c1-7-9-10-11-12-13-22-14-16-25(30-20-22)17-15-24-18-26-27(19-23(24)8-2)31-29(5,6)21-28(26,3)4/h14,16,18-20H,7-13,21H2,1-6H3. The lowest BCUT2D eigenvalue weighted by Crippen LogP contribution is -2.41. The number of fused-ring (bicyclic) bond motifs is 1. The van der Waals surface area contributed by atoms with Gasteiger partial charge in [0.05, 0.1) is 0 Å². The summed E-state index contributed by atoms with van der Waals surface area (Å²) >= 11 is 0. The van der Waals surface area contributed by atoms with Crippen molar-refractivity contribution in [1.29, 1.82) is 0 Å². The van der Waals surface area contributed by atoms with Gasteiger partial charge in [-0.15, -0.1) is 0 Å². The molecule has 0 spiro atoms. The van der Waals surface area contributed by atoms with E-state index in [9.17, 15) is 0 Å². The van der Waals surface area contributed by atoms with Crippen LogP contribution in [0.3, 0.4) is 0 Å². The van der Waals surface area contributed by atoms with Crippen LogP contribution in [0.4, 0.5) is 0 Å². The number of rotatable bonds is 7. The van der Waals surface area contributed by atoms with E-state index >= 15 is 0 Å². The van der Waals surface area contributed by atoms with E-state index in [1.807, 2.05) is 6.20 Å². The molecule has 0 amide bonds. The number of unbranched alkanes of at least 4 members (excludes halogenated alkanes) is 4. The number of benzene rings is 1. The molecule has 3 rings (SSSR count). The topological polar surface area (TPSA) is 22.1 Å². The first kappa shape index (κ1) is 23.4. The Morgan fingerprint density at radius 2 is 1.74 bits per heavy atom. The largest absolute Gasteiger partial charge is 0.488 e. The van der Waals surface area contributed by atoms with Crippen molar-refractivity contribution in [3.05, 3.63) is 58.4 Å². The highest BCUT2D eigenvalue weighted by atomic mass is 16.5. The Bertz CT molecular complexity index is 941. The van der Waals surface area contributed by atoms with E-state index in [1.165, 1.54) is 48.8 Å². The Morgan fingerprint density at radius 3 is 2.42 bits per heavy atom. The summed E-state index contributed by atoms with van der Waals surface area (Å²) in [5, 5.41) is 0. The predicted molar refractivity (Wildman–Crippen MR) is 131 cm³/mol. The van der Waals surface area contributed by atoms with Gasteiger partial charge in [-0.25, -0.2) is 4.98 Å². The van der Waals surface area contributed by atoms with Gasteiger partial charge < -0.3 is 4.74 Å². The minimum Gasteiger partial charge on any atom is -0.488 e. The molecular formula is C29H39NO. The second kappa shape index (κ2) is 9.90. The summed E-state index contributed by atoms with van der Waals surface area (Å²) in [7, 11) is 0. The maximum Gasteiger partial charge on any atom is 0.124 e. The smallest absolute Gasteiger partial charge is 0.124 e. The number of aryl methyl sites for hydroxylation is 2. The van der Waals surface area contributed by atoms with E-state index in [0.29, 0.717) is 0 Å². The molecule has 0 atom stereocenters. The van der Waals surface area contributed by atoms with Crippen LogP contribution in [0.15, 0.2) is 30.5 Å². The fourth-order valence-corrected chi connectivity index (χ4v) is 4.85. The predicted octanol–water partition coefficient (Wildman–Crippen LogP) is 7.40. The molecule has 0 saturated carbocycles. The number of ether oxygens (including phenoxy) is 1. The summed E-state index contributed by atoms with van der Waals surface area (Å²) < 4.78 is 6.32. The number of hydrogen-bond donors (Lipinski definition) is 0. The quantitative estimate of drug-likeness (QED) is 0.346. The van der Waals surface area contributed by atoms with E-state index in [1.54, 1.807) is 0 Å². The maximum atomic E-state index is 6.32. The molecule has 0 radical (unpaired) electrons. The third-order valence-electron chi connectivity index (χ3n) is 6.29. The number of aromatic nitrogens is 1. The third-order valence-corrected chi connectivity index (χ3v) is 6.29. The molecule has 2 nitrogen and oxygen atoms in total. The second-order valence-corrected chi connectivity index (χ2v) is 10.2. The van der Waals surface area contributed by atoms with E-state index in [2.05, 4.69) is 82.6 Å². The van der Waals surface area contributed by atoms with Crippen molar-refractivity contribution < 1.29 is 4.74 Å². The summed E-state index contributed by atoms with van der Waals surface area (Å²) in [6, 6.07) is 8.70. The molecule has 31 heavy (non-hydrogen) atoms. The van der Waals surface area contributed by atoms with Gasteiger partial charge >= 0.3 is 0 Å². The summed E-state index contributed by atoms with van der Waals surface area (Å²) in [4.78, 5) is 4.60. The average Bonchev–Trinajstić information content (AvgIpc) is 2.71. The zero-order valence-corrected chi connectivity index (χ0v) is 20.4. The van der Waals surface area contributed by atoms with Crippen molar-refractivity contribution in [3.8, 4) is 17.6 Å². The van der Waals surface area contributed by atoms with Crippen molar-refractivity contribution in [2.24, 2.45) is 0 Å². The SMILES string of the molecule is CCCCCCCc1ccc(C#Cc2cc3c(cc2CC)OC(C)(C)CC3(C)C)nc1. The van der Waals surface area contributed by atoms with Gasteiger partial charge in [0.2, 0.25) is 0 Å². The van der Waals surface area contributed by atoms with Crippen molar-refractivity contribution in [2.45, 2.75) is 104 Å². The molecular weight excluding hydrogens is 378 g/mol. The van der Waals surface area contributed by atoms with Gasteiger partial charge in [0.1, 0.15) is 17.0 Å². The lowest BCUT2D eigenvalue weighted by atomic mass is 9.73. The van der Waals surface area contributed by atoms with E-state index in [0.717, 1.165) is 36.3 Å². The molecule has 2 heteroatoms. The zero-order valence-electron chi connectivity index (χ0n) is 20.4. The van der Waals surface area contributed by atoms with E-state index in [-0.39, 0.29) is 11.0 Å². The fraction of sp³-hybridized carbons (Fsp3) is 0.552. The first-order valence-corrected chi connectivity index (χ1v) is 12.1. The number of nitrogens with zero attached hydrogens (tertiary/aromatic N) is 1. The molecule has 1 aromatic carbocycles. The van der Waals surface area contributed by atoms with Crippen molar-refractivity contribution in [3.63, 3.8) is 0 Å². The van der Waals surface area contributed by atoms with Crippen LogP contribution in [0.1, 0.15) is 108 Å². The zero-order chi connectivity index (χ0) is 22.5. The third kappa shape index (κ3) is 6.13. The highest BCUT2D eigenvalue weighted by Gasteiger charge is 2.39. The van der Waals surface area contributed by atoms with Crippen LogP contribution in [0.5, 0.6) is 5.75 Å². The van der Waals surface area contributed by atoms with Gasteiger partial charge in [-0.1, -0.05) is 65.4 Å². The van der Waals surface area contributed by atoms with Crippen LogP contribution in [0.2, 0.25) is 0 Å². The molecule has 2 heterocycles. The van der Waals surface area contributed by atoms with Gasteiger partial charge in [0.25, 0.3) is 0 Å². The molecule has 0 bridgehead atoms. The lowest BCUT2D eigenvalue weighted by Gasteiger charge is -2.42. The molecule has 166 valence electrons. The Kier molecular flexibility index (Phi) is 7.47. The summed E-state index contributed by atoms with van der Waals surface area (Å²) in [5.41, 5.74) is 5.67. The molecule has 1 aliphatic rings. The second-order valence-electron chi connectivity index (χ2n) is 10.2. The first-order valence-electron chi connectivity index (χ1n) is 12.1. The summed E-state index contributed by atoms with van der Waals surface area (Å²) in [6.07, 6.45) is 11.6. The van der Waals surface area contributed by atoms with Crippen LogP contribution < -0.4 is 4.74 Å². The maximum absolute atomic E-state index is 6.32. The van der Waals surface area contributed by atoms with Crippen LogP contribution in [-0.4, -0.2) is 10.6 Å². The van der Waals surface area contributed by atoms with E-state index < -0.39 is 0 Å². The molecule has 0 aliphatic carbocycles. The fourth-order valence-electron chi connectivity index (χ4n) is 4.85. The van der Waals surface area contributed by atoms with E-state index in [4.69, 9.17) is 4.74 Å². The molecule has 1 aliphatic heterocycles. The van der Waals surface area contributed by atoms with Gasteiger partial charge in [0, 0.05) is 17.3 Å². The van der Waals surface area contributed by atoms with Crippen LogP contribution in [0.25, 0.3) is 0 Å². The molecule has 0 fully saturated rings. The number of hydrogen-bond acceptors (Lipinski definition) is 2. The van der Waals surface area contributed by atoms with Gasteiger partial charge in [-0.05, 0) is 80.2 Å². The van der Waals surface area contributed by atoms with Crippen molar-refractivity contribution in [2.75, 3.05) is 0 Å². The number of pyridine rings is 1. The summed E-state index contributed by atoms with van der Waals surface area (Å²) in [6.45, 7) is 13.4. The first-order chi connectivity index (χ1) is 14.7. The monoisotopic (exact) mass is 417 g/mol. The molecule has 0 N–H and O–H groups in total. The van der Waals surface area contributed by atoms with Crippen LogP contribution in [0, 0.1) is 11.8 Å². The molecule has 0 saturated heterocycles. The Labute approximate surface area is 189 Å². The molecule has 2 aromatic rings. The molecule has 1 aromatic heterocycles. The van der Waals surface area contributed by atoms with Crippen molar-refractivity contribution in [1.82, 2.24) is 4.98 Å².